The first-order chi connectivity index (χ1) is 13.9. The number of nitrogens with zero attached hydrogens (tertiary/aromatic N) is 1. The zero-order chi connectivity index (χ0) is 22.5. The lowest BCUT2D eigenvalue weighted by molar-refractivity contribution is -0.162. The van der Waals surface area contributed by atoms with Crippen LogP contribution < -0.4 is 0 Å². The SMILES string of the molecule is CC(C)(C)OC(=O)[C@@H](Cc1cccc(CC=O)c1)[C@H]1CCN(C(=O)OC(C)(C)C)C1. The Morgan fingerprint density at radius 1 is 1.10 bits per heavy atom. The largest absolute Gasteiger partial charge is 0.460 e. The van der Waals surface area contributed by atoms with Gasteiger partial charge < -0.3 is 19.2 Å². The molecular weight excluding hydrogens is 382 g/mol. The molecule has 6 nitrogen and oxygen atoms in total. The van der Waals surface area contributed by atoms with Crippen LogP contribution in [0.3, 0.4) is 0 Å². The fraction of sp³-hybridized carbons (Fsp3) is 0.625. The lowest BCUT2D eigenvalue weighted by Gasteiger charge is -2.28. The first-order valence-electron chi connectivity index (χ1n) is 10.6. The van der Waals surface area contributed by atoms with E-state index >= 15 is 0 Å². The third-order valence-corrected chi connectivity index (χ3v) is 4.92. The minimum atomic E-state index is -0.585. The summed E-state index contributed by atoms with van der Waals surface area (Å²) >= 11 is 0. The molecule has 1 aromatic carbocycles. The number of carbonyl (C=O) groups is 3. The molecule has 1 aliphatic heterocycles. The molecule has 2 rings (SSSR count). The third-order valence-electron chi connectivity index (χ3n) is 4.92. The van der Waals surface area contributed by atoms with Gasteiger partial charge in [0.1, 0.15) is 17.5 Å². The maximum Gasteiger partial charge on any atom is 0.410 e. The van der Waals surface area contributed by atoms with Gasteiger partial charge >= 0.3 is 12.1 Å². The molecule has 1 aromatic rings. The summed E-state index contributed by atoms with van der Waals surface area (Å²) in [6.07, 6.45) is 2.10. The summed E-state index contributed by atoms with van der Waals surface area (Å²) in [7, 11) is 0. The van der Waals surface area contributed by atoms with Crippen molar-refractivity contribution in [2.45, 2.75) is 72.0 Å². The number of carbonyl (C=O) groups excluding carboxylic acids is 3. The molecule has 1 saturated heterocycles. The summed E-state index contributed by atoms with van der Waals surface area (Å²) in [4.78, 5) is 38.0. The van der Waals surface area contributed by atoms with E-state index < -0.39 is 11.2 Å². The van der Waals surface area contributed by atoms with Crippen LogP contribution >= 0.6 is 0 Å². The average molecular weight is 418 g/mol. The van der Waals surface area contributed by atoms with Crippen LogP contribution in [-0.2, 0) is 31.9 Å². The Morgan fingerprint density at radius 3 is 2.33 bits per heavy atom. The second-order valence-electron chi connectivity index (χ2n) is 10.0. The van der Waals surface area contributed by atoms with Crippen LogP contribution in [-0.4, -0.2) is 47.5 Å². The first-order valence-corrected chi connectivity index (χ1v) is 10.6. The maximum atomic E-state index is 13.1. The maximum absolute atomic E-state index is 13.1. The van der Waals surface area contributed by atoms with Crippen LogP contribution in [0.4, 0.5) is 4.79 Å². The van der Waals surface area contributed by atoms with E-state index in [0.717, 1.165) is 23.8 Å². The van der Waals surface area contributed by atoms with Gasteiger partial charge in [0.15, 0.2) is 0 Å². The molecule has 0 bridgehead atoms. The highest BCUT2D eigenvalue weighted by Crippen LogP contribution is 2.30. The minimum absolute atomic E-state index is 0.0119. The van der Waals surface area contributed by atoms with Crippen molar-refractivity contribution in [2.75, 3.05) is 13.1 Å². The van der Waals surface area contributed by atoms with Crippen molar-refractivity contribution in [1.29, 1.82) is 0 Å². The highest BCUT2D eigenvalue weighted by Gasteiger charge is 2.39. The Kier molecular flexibility index (Phi) is 7.67. The third kappa shape index (κ3) is 7.47. The van der Waals surface area contributed by atoms with Crippen molar-refractivity contribution < 1.29 is 23.9 Å². The number of aldehydes is 1. The van der Waals surface area contributed by atoms with Crippen LogP contribution in [0.25, 0.3) is 0 Å². The summed E-state index contributed by atoms with van der Waals surface area (Å²) in [5, 5.41) is 0. The molecule has 30 heavy (non-hydrogen) atoms. The first kappa shape index (κ1) is 23.9. The standard InChI is InChI=1S/C24H35NO5/c1-23(2,3)29-21(27)20(15-18-9-7-8-17(14-18)11-13-26)19-10-12-25(16-19)22(28)30-24(4,5)6/h7-9,13-14,19-20H,10-12,15-16H2,1-6H3/t19-,20-/m0/s1. The van der Waals surface area contributed by atoms with Gasteiger partial charge in [-0.15, -0.1) is 0 Å². The topological polar surface area (TPSA) is 72.9 Å². The molecule has 1 fully saturated rings. The Bertz CT molecular complexity index is 760. The van der Waals surface area contributed by atoms with E-state index in [1.165, 1.54) is 0 Å². The summed E-state index contributed by atoms with van der Waals surface area (Å²) in [6.45, 7) is 12.1. The highest BCUT2D eigenvalue weighted by molar-refractivity contribution is 5.74. The van der Waals surface area contributed by atoms with Crippen molar-refractivity contribution in [2.24, 2.45) is 11.8 Å². The average Bonchev–Trinajstić information content (AvgIpc) is 3.07. The van der Waals surface area contributed by atoms with E-state index in [9.17, 15) is 14.4 Å². The lowest BCUT2D eigenvalue weighted by atomic mass is 9.85. The molecule has 0 radical (unpaired) electrons. The van der Waals surface area contributed by atoms with Gasteiger partial charge in [-0.3, -0.25) is 4.79 Å². The molecule has 6 heteroatoms. The molecule has 0 saturated carbocycles. The van der Waals surface area contributed by atoms with E-state index in [1.807, 2.05) is 65.8 Å². The molecule has 166 valence electrons. The van der Waals surface area contributed by atoms with Gasteiger partial charge in [-0.1, -0.05) is 24.3 Å². The minimum Gasteiger partial charge on any atom is -0.460 e. The molecule has 1 aliphatic rings. The van der Waals surface area contributed by atoms with Crippen molar-refractivity contribution >= 4 is 18.3 Å². The highest BCUT2D eigenvalue weighted by atomic mass is 16.6. The fourth-order valence-electron chi connectivity index (χ4n) is 3.66. The number of ether oxygens (including phenoxy) is 2. The van der Waals surface area contributed by atoms with Gasteiger partial charge in [-0.25, -0.2) is 4.79 Å². The predicted molar refractivity (Wildman–Crippen MR) is 115 cm³/mol. The summed E-state index contributed by atoms with van der Waals surface area (Å²) in [5.74, 6) is -0.635. The number of benzene rings is 1. The number of likely N-dealkylation sites (tertiary alicyclic amines) is 1. The lowest BCUT2D eigenvalue weighted by Crippen LogP contribution is -2.38. The van der Waals surface area contributed by atoms with Crippen LogP contribution in [0, 0.1) is 11.8 Å². The molecule has 0 aliphatic carbocycles. The molecule has 0 spiro atoms. The second-order valence-corrected chi connectivity index (χ2v) is 10.0. The number of esters is 1. The van der Waals surface area contributed by atoms with Gasteiger partial charge in [0.25, 0.3) is 0 Å². The number of hydrogen-bond donors (Lipinski definition) is 0. The number of hydrogen-bond acceptors (Lipinski definition) is 5. The number of rotatable bonds is 6. The molecule has 1 heterocycles. The summed E-state index contributed by atoms with van der Waals surface area (Å²) in [5.41, 5.74) is 0.768. The zero-order valence-corrected chi connectivity index (χ0v) is 19.1. The van der Waals surface area contributed by atoms with E-state index in [1.54, 1.807) is 4.90 Å². The molecule has 2 atom stereocenters. The molecule has 0 aromatic heterocycles. The van der Waals surface area contributed by atoms with Gasteiger partial charge in [-0.2, -0.15) is 0 Å². The fourth-order valence-corrected chi connectivity index (χ4v) is 3.66. The van der Waals surface area contributed by atoms with E-state index in [4.69, 9.17) is 9.47 Å². The van der Waals surface area contributed by atoms with Crippen molar-refractivity contribution in [1.82, 2.24) is 4.90 Å². The molecular formula is C24H35NO5. The predicted octanol–water partition coefficient (Wildman–Crippen LogP) is 4.19. The van der Waals surface area contributed by atoms with Gasteiger partial charge in [0.2, 0.25) is 0 Å². The molecule has 1 amide bonds. The van der Waals surface area contributed by atoms with Crippen molar-refractivity contribution in [3.63, 3.8) is 0 Å². The van der Waals surface area contributed by atoms with Gasteiger partial charge in [0.05, 0.1) is 5.92 Å². The Hall–Kier alpha value is -2.37. The van der Waals surface area contributed by atoms with Crippen molar-refractivity contribution in [3.8, 4) is 0 Å². The Balaban J connectivity index is 2.18. The van der Waals surface area contributed by atoms with E-state index in [2.05, 4.69) is 0 Å². The van der Waals surface area contributed by atoms with Crippen LogP contribution in [0.1, 0.15) is 59.1 Å². The van der Waals surface area contributed by atoms with Crippen molar-refractivity contribution in [3.05, 3.63) is 35.4 Å². The summed E-state index contributed by atoms with van der Waals surface area (Å²) in [6, 6.07) is 7.74. The van der Waals surface area contributed by atoms with E-state index in [0.29, 0.717) is 25.9 Å². The van der Waals surface area contributed by atoms with Gasteiger partial charge in [0, 0.05) is 19.5 Å². The molecule has 0 unspecified atom stereocenters. The smallest absolute Gasteiger partial charge is 0.410 e. The molecule has 0 N–H and O–H groups in total. The zero-order valence-electron chi connectivity index (χ0n) is 19.1. The number of amides is 1. The summed E-state index contributed by atoms with van der Waals surface area (Å²) < 4.78 is 11.2. The normalized spacial score (nSPS) is 18.1. The Labute approximate surface area is 179 Å². The quantitative estimate of drug-likeness (QED) is 0.513. The second kappa shape index (κ2) is 9.63. The van der Waals surface area contributed by atoms with Gasteiger partial charge in [-0.05, 0) is 71.4 Å². The Morgan fingerprint density at radius 2 is 1.73 bits per heavy atom. The van der Waals surface area contributed by atoms with Crippen LogP contribution in [0.2, 0.25) is 0 Å². The van der Waals surface area contributed by atoms with Crippen LogP contribution in [0.5, 0.6) is 0 Å². The van der Waals surface area contributed by atoms with Crippen LogP contribution in [0.15, 0.2) is 24.3 Å². The monoisotopic (exact) mass is 417 g/mol. The van der Waals surface area contributed by atoms with E-state index in [-0.39, 0.29) is 23.9 Å².